The SMILES string of the molecule is CC1(C)C(N)CC1Oc1c(Br)cccc1Br. The molecule has 0 aromatic heterocycles. The molecule has 0 saturated heterocycles. The first-order valence-corrected chi connectivity index (χ1v) is 6.87. The number of hydrogen-bond acceptors (Lipinski definition) is 2. The van der Waals surface area contributed by atoms with Gasteiger partial charge in [0, 0.05) is 17.9 Å². The van der Waals surface area contributed by atoms with Crippen LogP contribution in [0.4, 0.5) is 0 Å². The first-order chi connectivity index (χ1) is 7.43. The molecule has 0 spiro atoms. The van der Waals surface area contributed by atoms with Crippen molar-refractivity contribution in [3.63, 3.8) is 0 Å². The highest BCUT2D eigenvalue weighted by Gasteiger charge is 2.48. The fraction of sp³-hybridized carbons (Fsp3) is 0.500. The lowest BCUT2D eigenvalue weighted by molar-refractivity contribution is -0.0408. The van der Waals surface area contributed by atoms with E-state index in [1.807, 2.05) is 18.2 Å². The number of para-hydroxylation sites is 1. The van der Waals surface area contributed by atoms with Crippen molar-refractivity contribution in [2.75, 3.05) is 0 Å². The molecule has 4 heteroatoms. The van der Waals surface area contributed by atoms with Gasteiger partial charge in [0.15, 0.2) is 0 Å². The Morgan fingerprint density at radius 3 is 2.31 bits per heavy atom. The van der Waals surface area contributed by atoms with E-state index in [4.69, 9.17) is 10.5 Å². The number of benzene rings is 1. The van der Waals surface area contributed by atoms with Crippen LogP contribution in [0, 0.1) is 5.41 Å². The number of ether oxygens (including phenoxy) is 1. The van der Waals surface area contributed by atoms with E-state index in [0.29, 0.717) is 0 Å². The zero-order chi connectivity index (χ0) is 11.9. The van der Waals surface area contributed by atoms with Crippen LogP contribution in [0.1, 0.15) is 20.3 Å². The van der Waals surface area contributed by atoms with E-state index in [0.717, 1.165) is 21.1 Å². The predicted molar refractivity (Wildman–Crippen MR) is 72.6 cm³/mol. The molecule has 1 aliphatic rings. The molecule has 2 unspecified atom stereocenters. The summed E-state index contributed by atoms with van der Waals surface area (Å²) in [5, 5.41) is 0. The Hall–Kier alpha value is -0.0600. The van der Waals surface area contributed by atoms with Gasteiger partial charge in [0.05, 0.1) is 8.95 Å². The zero-order valence-electron chi connectivity index (χ0n) is 9.34. The van der Waals surface area contributed by atoms with Gasteiger partial charge in [-0.1, -0.05) is 19.9 Å². The van der Waals surface area contributed by atoms with Crippen LogP contribution in [0.25, 0.3) is 0 Å². The number of hydrogen-bond donors (Lipinski definition) is 1. The minimum Gasteiger partial charge on any atom is -0.487 e. The standard InChI is InChI=1S/C12H15Br2NO/c1-12(2)9(15)6-10(12)16-11-7(13)4-3-5-8(11)14/h3-5,9-10H,6,15H2,1-2H3. The second-order valence-electron chi connectivity index (χ2n) is 4.82. The molecule has 0 amide bonds. The largest absolute Gasteiger partial charge is 0.487 e. The van der Waals surface area contributed by atoms with E-state index < -0.39 is 0 Å². The molecular formula is C12H15Br2NO. The average Bonchev–Trinajstić information content (AvgIpc) is 2.22. The average molecular weight is 349 g/mol. The Morgan fingerprint density at radius 2 is 1.88 bits per heavy atom. The molecule has 1 saturated carbocycles. The highest BCUT2D eigenvalue weighted by Crippen LogP contribution is 2.44. The van der Waals surface area contributed by atoms with Crippen LogP contribution in [-0.2, 0) is 0 Å². The molecule has 1 aromatic rings. The quantitative estimate of drug-likeness (QED) is 0.884. The van der Waals surface area contributed by atoms with Gasteiger partial charge in [-0.05, 0) is 44.0 Å². The van der Waals surface area contributed by atoms with Crippen LogP contribution in [0.3, 0.4) is 0 Å². The Labute approximate surface area is 113 Å². The van der Waals surface area contributed by atoms with Crippen molar-refractivity contribution in [2.24, 2.45) is 11.1 Å². The summed E-state index contributed by atoms with van der Waals surface area (Å²) in [5.41, 5.74) is 6.02. The Bertz CT molecular complexity index is 386. The summed E-state index contributed by atoms with van der Waals surface area (Å²) in [7, 11) is 0. The summed E-state index contributed by atoms with van der Waals surface area (Å²) in [6, 6.07) is 6.16. The smallest absolute Gasteiger partial charge is 0.148 e. The van der Waals surface area contributed by atoms with Gasteiger partial charge < -0.3 is 10.5 Å². The summed E-state index contributed by atoms with van der Waals surface area (Å²) < 4.78 is 7.96. The molecule has 88 valence electrons. The maximum Gasteiger partial charge on any atom is 0.148 e. The lowest BCUT2D eigenvalue weighted by Gasteiger charge is -2.49. The van der Waals surface area contributed by atoms with Crippen molar-refractivity contribution >= 4 is 31.9 Å². The molecule has 1 aliphatic carbocycles. The monoisotopic (exact) mass is 347 g/mol. The Kier molecular flexibility index (Phi) is 3.34. The van der Waals surface area contributed by atoms with Crippen molar-refractivity contribution in [1.29, 1.82) is 0 Å². The zero-order valence-corrected chi connectivity index (χ0v) is 12.5. The molecule has 2 nitrogen and oxygen atoms in total. The van der Waals surface area contributed by atoms with Gasteiger partial charge in [0.2, 0.25) is 0 Å². The van der Waals surface area contributed by atoms with Crippen molar-refractivity contribution in [3.8, 4) is 5.75 Å². The highest BCUT2D eigenvalue weighted by atomic mass is 79.9. The minimum atomic E-state index is 0.0503. The second kappa shape index (κ2) is 4.31. The van der Waals surface area contributed by atoms with E-state index in [1.54, 1.807) is 0 Å². The van der Waals surface area contributed by atoms with Crippen molar-refractivity contribution < 1.29 is 4.74 Å². The third-order valence-electron chi connectivity index (χ3n) is 3.43. The summed E-state index contributed by atoms with van der Waals surface area (Å²) in [4.78, 5) is 0. The summed E-state index contributed by atoms with van der Waals surface area (Å²) in [6.45, 7) is 4.30. The molecule has 2 atom stereocenters. The second-order valence-corrected chi connectivity index (χ2v) is 6.53. The van der Waals surface area contributed by atoms with Gasteiger partial charge in [-0.2, -0.15) is 0 Å². The minimum absolute atomic E-state index is 0.0503. The fourth-order valence-corrected chi connectivity index (χ4v) is 3.04. The van der Waals surface area contributed by atoms with E-state index >= 15 is 0 Å². The molecule has 2 N–H and O–H groups in total. The van der Waals surface area contributed by atoms with Crippen LogP contribution in [0.2, 0.25) is 0 Å². The molecule has 0 radical (unpaired) electrons. The number of rotatable bonds is 2. The van der Waals surface area contributed by atoms with E-state index in [-0.39, 0.29) is 17.6 Å². The number of nitrogens with two attached hydrogens (primary N) is 1. The normalized spacial score (nSPS) is 27.3. The van der Waals surface area contributed by atoms with Crippen molar-refractivity contribution in [3.05, 3.63) is 27.1 Å². The first kappa shape index (κ1) is 12.4. The molecule has 1 aromatic carbocycles. The summed E-state index contributed by atoms with van der Waals surface area (Å²) in [5.74, 6) is 0.868. The maximum atomic E-state index is 6.02. The van der Waals surface area contributed by atoms with Gasteiger partial charge in [-0.15, -0.1) is 0 Å². The maximum absolute atomic E-state index is 6.02. The first-order valence-electron chi connectivity index (χ1n) is 5.29. The summed E-state index contributed by atoms with van der Waals surface area (Å²) in [6.07, 6.45) is 1.11. The van der Waals surface area contributed by atoms with Crippen molar-refractivity contribution in [2.45, 2.75) is 32.4 Å². The fourth-order valence-electron chi connectivity index (χ4n) is 1.85. The van der Waals surface area contributed by atoms with Crippen LogP contribution in [0.5, 0.6) is 5.75 Å². The molecular weight excluding hydrogens is 334 g/mol. The Morgan fingerprint density at radius 1 is 1.31 bits per heavy atom. The third kappa shape index (κ3) is 2.03. The van der Waals surface area contributed by atoms with Gasteiger partial charge in [-0.3, -0.25) is 0 Å². The molecule has 0 heterocycles. The summed E-state index contributed by atoms with van der Waals surface area (Å²) >= 11 is 6.99. The van der Waals surface area contributed by atoms with Gasteiger partial charge in [0.1, 0.15) is 11.9 Å². The van der Waals surface area contributed by atoms with Gasteiger partial charge in [-0.25, -0.2) is 0 Å². The van der Waals surface area contributed by atoms with E-state index in [2.05, 4.69) is 45.7 Å². The topological polar surface area (TPSA) is 35.2 Å². The van der Waals surface area contributed by atoms with E-state index in [1.165, 1.54) is 0 Å². The Balaban J connectivity index is 2.17. The molecule has 2 rings (SSSR count). The number of halogens is 2. The predicted octanol–water partition coefficient (Wildman–Crippen LogP) is 3.72. The third-order valence-corrected chi connectivity index (χ3v) is 4.68. The van der Waals surface area contributed by atoms with E-state index in [9.17, 15) is 0 Å². The van der Waals surface area contributed by atoms with Crippen LogP contribution in [-0.4, -0.2) is 12.1 Å². The molecule has 1 fully saturated rings. The lowest BCUT2D eigenvalue weighted by atomic mass is 9.65. The van der Waals surface area contributed by atoms with Crippen molar-refractivity contribution in [1.82, 2.24) is 0 Å². The lowest BCUT2D eigenvalue weighted by Crippen LogP contribution is -2.60. The van der Waals surface area contributed by atoms with Gasteiger partial charge >= 0.3 is 0 Å². The van der Waals surface area contributed by atoms with Crippen LogP contribution >= 0.6 is 31.9 Å². The van der Waals surface area contributed by atoms with Crippen LogP contribution < -0.4 is 10.5 Å². The molecule has 16 heavy (non-hydrogen) atoms. The van der Waals surface area contributed by atoms with Gasteiger partial charge in [0.25, 0.3) is 0 Å². The van der Waals surface area contributed by atoms with Crippen LogP contribution in [0.15, 0.2) is 27.1 Å². The highest BCUT2D eigenvalue weighted by molar-refractivity contribution is 9.11. The molecule has 0 bridgehead atoms. The molecule has 0 aliphatic heterocycles.